The van der Waals surface area contributed by atoms with Crippen LogP contribution in [-0.4, -0.2) is 9.97 Å². The van der Waals surface area contributed by atoms with Crippen LogP contribution in [0.15, 0.2) is 36.7 Å². The van der Waals surface area contributed by atoms with E-state index in [2.05, 4.69) is 41.2 Å². The number of aryl methyl sites for hydroxylation is 1. The molecule has 0 aliphatic carbocycles. The molecule has 1 aromatic carbocycles. The molecular formula is C12H12N2S. The maximum absolute atomic E-state index is 5.02. The summed E-state index contributed by atoms with van der Waals surface area (Å²) >= 11 is 5.02. The SMILES string of the molecule is CCc1ccc(-c2cc(=S)nc[nH]2)cc1. The van der Waals surface area contributed by atoms with E-state index in [0.29, 0.717) is 4.64 Å². The molecule has 0 spiro atoms. The summed E-state index contributed by atoms with van der Waals surface area (Å²) < 4.78 is 0.614. The van der Waals surface area contributed by atoms with E-state index in [0.717, 1.165) is 17.7 Å². The Hall–Kier alpha value is -1.48. The molecule has 0 saturated heterocycles. The first kappa shape index (κ1) is 10.1. The van der Waals surface area contributed by atoms with Crippen LogP contribution in [-0.2, 0) is 6.42 Å². The van der Waals surface area contributed by atoms with E-state index < -0.39 is 0 Å². The zero-order chi connectivity index (χ0) is 10.7. The van der Waals surface area contributed by atoms with E-state index in [-0.39, 0.29) is 0 Å². The number of aromatic nitrogens is 2. The molecule has 76 valence electrons. The van der Waals surface area contributed by atoms with Gasteiger partial charge in [0.15, 0.2) is 0 Å². The van der Waals surface area contributed by atoms with E-state index in [1.54, 1.807) is 6.33 Å². The van der Waals surface area contributed by atoms with Crippen molar-refractivity contribution >= 4 is 12.2 Å². The number of hydrogen-bond acceptors (Lipinski definition) is 2. The van der Waals surface area contributed by atoms with Crippen molar-refractivity contribution in [3.63, 3.8) is 0 Å². The molecule has 3 heteroatoms. The molecule has 0 unspecified atom stereocenters. The second-order valence-corrected chi connectivity index (χ2v) is 3.77. The summed E-state index contributed by atoms with van der Waals surface area (Å²) in [7, 11) is 0. The summed E-state index contributed by atoms with van der Waals surface area (Å²) in [6.07, 6.45) is 2.69. The Balaban J connectivity index is 2.41. The molecule has 0 radical (unpaired) electrons. The Bertz CT molecular complexity index is 500. The van der Waals surface area contributed by atoms with Crippen LogP contribution < -0.4 is 0 Å². The van der Waals surface area contributed by atoms with Crippen LogP contribution in [0.2, 0.25) is 0 Å². The largest absolute Gasteiger partial charge is 0.346 e. The van der Waals surface area contributed by atoms with Crippen molar-refractivity contribution < 1.29 is 0 Å². The van der Waals surface area contributed by atoms with Crippen molar-refractivity contribution in [2.24, 2.45) is 0 Å². The summed E-state index contributed by atoms with van der Waals surface area (Å²) in [5, 5.41) is 0. The molecule has 0 atom stereocenters. The molecule has 0 aliphatic heterocycles. The standard InChI is InChI=1S/C12H12N2S/c1-2-9-3-5-10(6-4-9)11-7-12(15)14-8-13-11/h3-8H,2H2,1H3,(H,13,14,15). The van der Waals surface area contributed by atoms with Crippen molar-refractivity contribution in [2.75, 3.05) is 0 Å². The van der Waals surface area contributed by atoms with Gasteiger partial charge < -0.3 is 4.98 Å². The van der Waals surface area contributed by atoms with E-state index in [9.17, 15) is 0 Å². The van der Waals surface area contributed by atoms with E-state index >= 15 is 0 Å². The van der Waals surface area contributed by atoms with Gasteiger partial charge in [-0.25, -0.2) is 4.98 Å². The van der Waals surface area contributed by atoms with Gasteiger partial charge in [0.2, 0.25) is 0 Å². The lowest BCUT2D eigenvalue weighted by Crippen LogP contribution is -1.86. The number of rotatable bonds is 2. The summed E-state index contributed by atoms with van der Waals surface area (Å²) in [6, 6.07) is 10.3. The van der Waals surface area contributed by atoms with Gasteiger partial charge in [-0.2, -0.15) is 0 Å². The third-order valence-electron chi connectivity index (χ3n) is 2.35. The second kappa shape index (κ2) is 4.36. The molecule has 0 aliphatic rings. The third kappa shape index (κ3) is 2.30. The fraction of sp³-hybridized carbons (Fsp3) is 0.167. The minimum absolute atomic E-state index is 0.614. The molecule has 0 fully saturated rings. The Kier molecular flexibility index (Phi) is 2.92. The highest BCUT2D eigenvalue weighted by Crippen LogP contribution is 2.16. The van der Waals surface area contributed by atoms with E-state index in [1.165, 1.54) is 5.56 Å². The molecule has 1 aromatic heterocycles. The topological polar surface area (TPSA) is 28.7 Å². The van der Waals surface area contributed by atoms with Crippen molar-refractivity contribution in [3.05, 3.63) is 46.9 Å². The lowest BCUT2D eigenvalue weighted by atomic mass is 10.1. The Morgan fingerprint density at radius 2 is 2.00 bits per heavy atom. The minimum atomic E-state index is 0.614. The lowest BCUT2D eigenvalue weighted by Gasteiger charge is -2.02. The maximum Gasteiger partial charge on any atom is 0.130 e. The number of H-pyrrole nitrogens is 1. The fourth-order valence-electron chi connectivity index (χ4n) is 1.45. The van der Waals surface area contributed by atoms with Crippen LogP contribution in [0, 0.1) is 4.64 Å². The highest BCUT2D eigenvalue weighted by molar-refractivity contribution is 7.71. The number of nitrogens with zero attached hydrogens (tertiary/aromatic N) is 1. The van der Waals surface area contributed by atoms with Crippen molar-refractivity contribution in [3.8, 4) is 11.3 Å². The first-order valence-electron chi connectivity index (χ1n) is 4.93. The highest BCUT2D eigenvalue weighted by Gasteiger charge is 1.97. The smallest absolute Gasteiger partial charge is 0.130 e. The highest BCUT2D eigenvalue weighted by atomic mass is 32.1. The van der Waals surface area contributed by atoms with Crippen LogP contribution >= 0.6 is 12.2 Å². The summed E-state index contributed by atoms with van der Waals surface area (Å²) in [6.45, 7) is 2.15. The average Bonchev–Trinajstić information content (AvgIpc) is 2.29. The van der Waals surface area contributed by atoms with Gasteiger partial charge in [-0.05, 0) is 23.6 Å². The molecule has 2 nitrogen and oxygen atoms in total. The first-order valence-corrected chi connectivity index (χ1v) is 5.34. The summed E-state index contributed by atoms with van der Waals surface area (Å²) in [4.78, 5) is 7.04. The zero-order valence-corrected chi connectivity index (χ0v) is 9.34. The molecule has 2 rings (SSSR count). The van der Waals surface area contributed by atoms with Crippen LogP contribution in [0.1, 0.15) is 12.5 Å². The van der Waals surface area contributed by atoms with Gasteiger partial charge in [-0.1, -0.05) is 43.4 Å². The van der Waals surface area contributed by atoms with Crippen molar-refractivity contribution in [1.29, 1.82) is 0 Å². The number of hydrogen-bond donors (Lipinski definition) is 1. The van der Waals surface area contributed by atoms with Crippen molar-refractivity contribution in [2.45, 2.75) is 13.3 Å². The van der Waals surface area contributed by atoms with Crippen molar-refractivity contribution in [1.82, 2.24) is 9.97 Å². The number of benzene rings is 1. The Morgan fingerprint density at radius 3 is 2.60 bits per heavy atom. The first-order chi connectivity index (χ1) is 7.29. The van der Waals surface area contributed by atoms with Gasteiger partial charge in [0.05, 0.1) is 6.33 Å². The quantitative estimate of drug-likeness (QED) is 0.780. The summed E-state index contributed by atoms with van der Waals surface area (Å²) in [5.74, 6) is 0. The van der Waals surface area contributed by atoms with Gasteiger partial charge in [-0.15, -0.1) is 0 Å². The van der Waals surface area contributed by atoms with Gasteiger partial charge >= 0.3 is 0 Å². The molecule has 15 heavy (non-hydrogen) atoms. The van der Waals surface area contributed by atoms with E-state index in [4.69, 9.17) is 12.2 Å². The molecule has 0 bridgehead atoms. The van der Waals surface area contributed by atoms with Crippen LogP contribution in [0.5, 0.6) is 0 Å². The third-order valence-corrected chi connectivity index (χ3v) is 2.58. The second-order valence-electron chi connectivity index (χ2n) is 3.35. The predicted molar refractivity (Wildman–Crippen MR) is 64.2 cm³/mol. The number of nitrogens with one attached hydrogen (secondary N) is 1. The minimum Gasteiger partial charge on any atom is -0.346 e. The van der Waals surface area contributed by atoms with Gasteiger partial charge in [0.25, 0.3) is 0 Å². The number of aromatic amines is 1. The molecule has 2 aromatic rings. The molecule has 0 saturated carbocycles. The van der Waals surface area contributed by atoms with Gasteiger partial charge in [-0.3, -0.25) is 0 Å². The normalized spacial score (nSPS) is 10.2. The van der Waals surface area contributed by atoms with Crippen LogP contribution in [0.4, 0.5) is 0 Å². The van der Waals surface area contributed by atoms with Gasteiger partial charge in [0, 0.05) is 5.69 Å². The molecule has 1 heterocycles. The Morgan fingerprint density at radius 1 is 1.27 bits per heavy atom. The molecule has 0 amide bonds. The monoisotopic (exact) mass is 216 g/mol. The van der Waals surface area contributed by atoms with Crippen LogP contribution in [0.3, 0.4) is 0 Å². The molecular weight excluding hydrogens is 204 g/mol. The lowest BCUT2D eigenvalue weighted by molar-refractivity contribution is 1.13. The predicted octanol–water partition coefficient (Wildman–Crippen LogP) is 3.37. The summed E-state index contributed by atoms with van der Waals surface area (Å²) in [5.41, 5.74) is 3.49. The maximum atomic E-state index is 5.02. The average molecular weight is 216 g/mol. The Labute approximate surface area is 94.0 Å². The fourth-order valence-corrected chi connectivity index (χ4v) is 1.63. The van der Waals surface area contributed by atoms with Crippen LogP contribution in [0.25, 0.3) is 11.3 Å². The van der Waals surface area contributed by atoms with E-state index in [1.807, 2.05) is 6.07 Å². The van der Waals surface area contributed by atoms with Gasteiger partial charge in [0.1, 0.15) is 4.64 Å². The zero-order valence-electron chi connectivity index (χ0n) is 8.53. The molecule has 1 N–H and O–H groups in total.